The van der Waals surface area contributed by atoms with Crippen LogP contribution in [0.25, 0.3) is 0 Å². The zero-order valence-corrected chi connectivity index (χ0v) is 25.0. The highest BCUT2D eigenvalue weighted by Crippen LogP contribution is 2.32. The predicted molar refractivity (Wildman–Crippen MR) is 155 cm³/mol. The largest absolute Gasteiger partial charge is 0.490 e. The Morgan fingerprint density at radius 1 is 1.14 bits per heavy atom. The van der Waals surface area contributed by atoms with Crippen LogP contribution in [0.1, 0.15) is 69.2 Å². The highest BCUT2D eigenvalue weighted by Gasteiger charge is 2.38. The van der Waals surface area contributed by atoms with Crippen molar-refractivity contribution in [3.8, 4) is 11.8 Å². The number of aliphatic hydroxyl groups is 1. The zero-order chi connectivity index (χ0) is 32.2. The van der Waals surface area contributed by atoms with E-state index in [0.29, 0.717) is 30.2 Å². The van der Waals surface area contributed by atoms with Crippen LogP contribution >= 0.6 is 0 Å². The Kier molecular flexibility index (Phi) is 13.5. The van der Waals surface area contributed by atoms with Gasteiger partial charge in [0.2, 0.25) is 0 Å². The van der Waals surface area contributed by atoms with Crippen LogP contribution in [0.4, 0.5) is 13.2 Å². The minimum Gasteiger partial charge on any atom is -0.489 e. The first-order chi connectivity index (χ1) is 20.1. The van der Waals surface area contributed by atoms with E-state index in [0.717, 1.165) is 31.2 Å². The van der Waals surface area contributed by atoms with E-state index >= 15 is 0 Å². The zero-order valence-electron chi connectivity index (χ0n) is 25.0. The second-order valence-corrected chi connectivity index (χ2v) is 11.4. The smallest absolute Gasteiger partial charge is 0.489 e. The van der Waals surface area contributed by atoms with Gasteiger partial charge in [0.15, 0.2) is 0 Å². The molecule has 0 bridgehead atoms. The molecule has 0 heterocycles. The van der Waals surface area contributed by atoms with Crippen LogP contribution in [-0.2, 0) is 33.6 Å². The van der Waals surface area contributed by atoms with Gasteiger partial charge >= 0.3 is 18.1 Å². The fourth-order valence-corrected chi connectivity index (χ4v) is 4.77. The number of rotatable bonds is 13. The first-order valence-corrected chi connectivity index (χ1v) is 14.3. The van der Waals surface area contributed by atoms with E-state index in [1.54, 1.807) is 12.1 Å². The Morgan fingerprint density at radius 2 is 1.74 bits per heavy atom. The normalized spacial score (nSPS) is 14.5. The van der Waals surface area contributed by atoms with Crippen molar-refractivity contribution in [2.45, 2.75) is 90.1 Å². The van der Waals surface area contributed by atoms with Gasteiger partial charge in [-0.05, 0) is 87.6 Å². The Labute approximate surface area is 250 Å². The number of aliphatic hydroxyl groups excluding tert-OH is 1. The lowest BCUT2D eigenvalue weighted by atomic mass is 9.88. The number of fused-ring (bicyclic) bond motifs is 1. The number of esters is 1. The van der Waals surface area contributed by atoms with Crippen molar-refractivity contribution in [1.29, 1.82) is 5.26 Å². The highest BCUT2D eigenvalue weighted by molar-refractivity contribution is 5.73. The van der Waals surface area contributed by atoms with Gasteiger partial charge in [0, 0.05) is 18.5 Å². The number of benzene rings is 2. The fraction of sp³-hybridized carbons (Fsp3) is 0.531. The van der Waals surface area contributed by atoms with Crippen LogP contribution < -0.4 is 10.1 Å². The molecule has 3 N–H and O–H groups in total. The Bertz CT molecular complexity index is 1230. The number of aliphatic carboxylic acids is 1. The van der Waals surface area contributed by atoms with E-state index in [1.165, 1.54) is 11.1 Å². The number of aryl methyl sites for hydroxylation is 1. The minimum absolute atomic E-state index is 0.0755. The van der Waals surface area contributed by atoms with Gasteiger partial charge in [-0.1, -0.05) is 37.3 Å². The van der Waals surface area contributed by atoms with Crippen LogP contribution in [0.3, 0.4) is 0 Å². The van der Waals surface area contributed by atoms with Gasteiger partial charge in [-0.15, -0.1) is 0 Å². The quantitative estimate of drug-likeness (QED) is 0.259. The summed E-state index contributed by atoms with van der Waals surface area (Å²) in [6, 6.07) is 16.1. The molecule has 2 atom stereocenters. The second-order valence-electron chi connectivity index (χ2n) is 11.4. The van der Waals surface area contributed by atoms with E-state index in [1.807, 2.05) is 19.9 Å². The molecular weight excluding hydrogens is 565 g/mol. The molecular formula is C32H41F3N2O6. The standard InChI is InChI=1S/C30H40N2O4.C2HF3O2/c1-5-21(2)36-29(34)13-11-22-10-12-26(18-31)28(16-22)35-20-27(33)19-32-30(3,4)17-23-14-24-8-6-7-9-25(24)15-23;3-2(4,5)1(6)7/h6-10,12,16,21,23,27,32-33H,5,11,13-15,17,19-20H2,1-4H3;(H,6,7)/t21?,27-;/m1./s1. The van der Waals surface area contributed by atoms with Crippen molar-refractivity contribution >= 4 is 11.9 Å². The van der Waals surface area contributed by atoms with Crippen LogP contribution in [0.15, 0.2) is 42.5 Å². The van der Waals surface area contributed by atoms with Crippen molar-refractivity contribution in [3.63, 3.8) is 0 Å². The summed E-state index contributed by atoms with van der Waals surface area (Å²) in [5, 5.41) is 30.6. The molecule has 8 nitrogen and oxygen atoms in total. The van der Waals surface area contributed by atoms with Crippen molar-refractivity contribution in [2.24, 2.45) is 5.92 Å². The molecule has 1 aliphatic rings. The van der Waals surface area contributed by atoms with Crippen LogP contribution in [-0.4, -0.2) is 59.2 Å². The van der Waals surface area contributed by atoms with Crippen molar-refractivity contribution in [2.75, 3.05) is 13.2 Å². The topological polar surface area (TPSA) is 129 Å². The summed E-state index contributed by atoms with van der Waals surface area (Å²) < 4.78 is 42.9. The first-order valence-electron chi connectivity index (χ1n) is 14.3. The maximum absolute atomic E-state index is 12.0. The molecule has 0 aliphatic heterocycles. The number of hydrogen-bond donors (Lipinski definition) is 3. The first kappa shape index (κ1) is 35.6. The summed E-state index contributed by atoms with van der Waals surface area (Å²) in [4.78, 5) is 20.9. The molecule has 2 aromatic rings. The number of alkyl halides is 3. The minimum atomic E-state index is -5.08. The number of hydrogen-bond acceptors (Lipinski definition) is 7. The van der Waals surface area contributed by atoms with Crippen LogP contribution in [0.2, 0.25) is 0 Å². The molecule has 0 saturated carbocycles. The number of nitrogens with zero attached hydrogens (tertiary/aromatic N) is 1. The lowest BCUT2D eigenvalue weighted by Gasteiger charge is -2.30. The number of halogens is 3. The molecule has 236 valence electrons. The molecule has 11 heteroatoms. The average molecular weight is 607 g/mol. The SMILES string of the molecule is CCC(C)OC(=O)CCc1ccc(C#N)c(OC[C@H](O)CNC(C)(C)CC2Cc3ccccc3C2)c1.O=C(O)C(F)(F)F. The predicted octanol–water partition coefficient (Wildman–Crippen LogP) is 5.38. The number of carbonyl (C=O) groups excluding carboxylic acids is 1. The highest BCUT2D eigenvalue weighted by atomic mass is 19.4. The van der Waals surface area contributed by atoms with Gasteiger partial charge < -0.3 is 25.0 Å². The maximum atomic E-state index is 12.0. The van der Waals surface area contributed by atoms with E-state index in [-0.39, 0.29) is 30.6 Å². The number of ether oxygens (including phenoxy) is 2. The number of nitriles is 1. The lowest BCUT2D eigenvalue weighted by molar-refractivity contribution is -0.192. The number of β-amino-alcohol motifs (C(OH)–C–C–N with tert-alkyl or cyclic N) is 1. The summed E-state index contributed by atoms with van der Waals surface area (Å²) in [6.45, 7) is 8.67. The molecule has 2 aromatic carbocycles. The number of nitrogens with one attached hydrogen (secondary N) is 1. The maximum Gasteiger partial charge on any atom is 0.490 e. The molecule has 0 amide bonds. The Hall–Kier alpha value is -3.62. The second kappa shape index (κ2) is 16.3. The van der Waals surface area contributed by atoms with E-state index < -0.39 is 18.2 Å². The average Bonchev–Trinajstić information content (AvgIpc) is 3.35. The molecule has 0 aromatic heterocycles. The fourth-order valence-electron chi connectivity index (χ4n) is 4.77. The summed E-state index contributed by atoms with van der Waals surface area (Å²) in [5.74, 6) is -1.97. The van der Waals surface area contributed by atoms with Crippen LogP contribution in [0.5, 0.6) is 5.75 Å². The molecule has 0 saturated heterocycles. The van der Waals surface area contributed by atoms with E-state index in [2.05, 4.69) is 49.5 Å². The van der Waals surface area contributed by atoms with Crippen molar-refractivity contribution in [3.05, 3.63) is 64.7 Å². The number of carboxylic acid groups (broad SMARTS) is 1. The van der Waals surface area contributed by atoms with Crippen LogP contribution in [0, 0.1) is 17.2 Å². The number of carbonyl (C=O) groups is 2. The Morgan fingerprint density at radius 3 is 2.28 bits per heavy atom. The summed E-state index contributed by atoms with van der Waals surface area (Å²) in [7, 11) is 0. The van der Waals surface area contributed by atoms with Gasteiger partial charge in [-0.3, -0.25) is 4.79 Å². The number of carboxylic acids is 1. The third-order valence-electron chi connectivity index (χ3n) is 7.12. The molecule has 1 unspecified atom stereocenters. The van der Waals surface area contributed by atoms with Crippen molar-refractivity contribution in [1.82, 2.24) is 5.32 Å². The lowest BCUT2D eigenvalue weighted by Crippen LogP contribution is -2.46. The van der Waals surface area contributed by atoms with Crippen molar-refractivity contribution < 1.29 is 42.4 Å². The van der Waals surface area contributed by atoms with Gasteiger partial charge in [-0.25, -0.2) is 4.79 Å². The Balaban J connectivity index is 0.000000821. The molecule has 0 radical (unpaired) electrons. The summed E-state index contributed by atoms with van der Waals surface area (Å²) in [5.41, 5.74) is 4.08. The third kappa shape index (κ3) is 12.6. The van der Waals surface area contributed by atoms with Gasteiger partial charge in [0.1, 0.15) is 24.5 Å². The van der Waals surface area contributed by atoms with E-state index in [9.17, 15) is 28.3 Å². The molecule has 43 heavy (non-hydrogen) atoms. The summed E-state index contributed by atoms with van der Waals surface area (Å²) >= 11 is 0. The third-order valence-corrected chi connectivity index (χ3v) is 7.12. The van der Waals surface area contributed by atoms with Gasteiger partial charge in [0.25, 0.3) is 0 Å². The van der Waals surface area contributed by atoms with Gasteiger partial charge in [0.05, 0.1) is 11.7 Å². The molecule has 0 fully saturated rings. The molecule has 0 spiro atoms. The summed E-state index contributed by atoms with van der Waals surface area (Å²) in [6.07, 6.45) is -1.10. The van der Waals surface area contributed by atoms with Gasteiger partial charge in [-0.2, -0.15) is 18.4 Å². The molecule has 3 rings (SSSR count). The monoisotopic (exact) mass is 606 g/mol. The van der Waals surface area contributed by atoms with E-state index in [4.69, 9.17) is 19.4 Å². The molecule has 1 aliphatic carbocycles.